The second-order valence-corrected chi connectivity index (χ2v) is 3.31. The van der Waals surface area contributed by atoms with Crippen LogP contribution in [0.2, 0.25) is 0 Å². The molecule has 7 nitrogen and oxygen atoms in total. The molecule has 8 heteroatoms. The van der Waals surface area contributed by atoms with Crippen LogP contribution in [-0.4, -0.2) is 27.1 Å². The van der Waals surface area contributed by atoms with Crippen LogP contribution in [-0.2, 0) is 0 Å². The zero-order chi connectivity index (χ0) is 13.4. The molecule has 2 rings (SSSR count). The number of amidine groups is 2. The summed E-state index contributed by atoms with van der Waals surface area (Å²) in [7, 11) is 0. The summed E-state index contributed by atoms with van der Waals surface area (Å²) in [6.45, 7) is 0. The molecule has 0 spiro atoms. The zero-order valence-corrected chi connectivity index (χ0v) is 11.4. The zero-order valence-electron chi connectivity index (χ0n) is 10.6. The Morgan fingerprint density at radius 3 is 1.35 bits per heavy atom. The van der Waals surface area contributed by atoms with E-state index in [0.717, 1.165) is 0 Å². The second kappa shape index (κ2) is 10.4. The minimum Gasteiger partial charge on any atom is -0.412 e. The van der Waals surface area contributed by atoms with Crippen LogP contribution in [0.25, 0.3) is 0 Å². The maximum atomic E-state index is 6.97. The number of hydrogen-bond acceptors (Lipinski definition) is 4. The quantitative estimate of drug-likeness (QED) is 0.465. The molecule has 2 aromatic heterocycles. The third-order valence-corrected chi connectivity index (χ3v) is 1.95. The number of nitrogens with one attached hydrogen (secondary N) is 2. The van der Waals surface area contributed by atoms with Crippen LogP contribution in [0.3, 0.4) is 0 Å². The van der Waals surface area contributed by atoms with Crippen molar-refractivity contribution >= 4 is 24.1 Å². The lowest BCUT2D eigenvalue weighted by molar-refractivity contribution is 0.824. The summed E-state index contributed by atoms with van der Waals surface area (Å²) in [6.07, 6.45) is 6.41. The van der Waals surface area contributed by atoms with Gasteiger partial charge in [0.2, 0.25) is 0 Å². The van der Waals surface area contributed by atoms with Crippen molar-refractivity contribution in [1.29, 1.82) is 10.8 Å². The van der Waals surface area contributed by atoms with Crippen molar-refractivity contribution in [3.8, 4) is 0 Å². The molecule has 0 aliphatic rings. The number of halogens is 1. The minimum atomic E-state index is 0. The molecule has 0 bridgehead atoms. The smallest absolute Gasteiger partial charge is 0.124 e. The summed E-state index contributed by atoms with van der Waals surface area (Å²) in [6, 6.07) is 6.98. The fourth-order valence-corrected chi connectivity index (χ4v) is 1.04. The molecule has 0 radical (unpaired) electrons. The molecule has 0 aromatic carbocycles. The van der Waals surface area contributed by atoms with Gasteiger partial charge in [0.05, 0.1) is 0 Å². The summed E-state index contributed by atoms with van der Waals surface area (Å²) in [5.74, 6) is 0.117. The highest BCUT2D eigenvalue weighted by Gasteiger charge is 1.91. The highest BCUT2D eigenvalue weighted by molar-refractivity contribution is 5.94. The van der Waals surface area contributed by atoms with E-state index in [-0.39, 0.29) is 29.6 Å². The molecular weight excluding hydrogens is 280 g/mol. The molecule has 8 N–H and O–H groups in total. The van der Waals surface area contributed by atoms with E-state index in [4.69, 9.17) is 22.3 Å². The molecule has 0 saturated heterocycles. The van der Waals surface area contributed by atoms with Crippen molar-refractivity contribution in [2.24, 2.45) is 11.5 Å². The van der Waals surface area contributed by atoms with Gasteiger partial charge in [0.15, 0.2) is 0 Å². The largest absolute Gasteiger partial charge is 0.412 e. The van der Waals surface area contributed by atoms with Gasteiger partial charge in [-0.15, -0.1) is 12.4 Å². The van der Waals surface area contributed by atoms with E-state index in [2.05, 4.69) is 9.97 Å². The van der Waals surface area contributed by atoms with Crippen molar-refractivity contribution < 1.29 is 5.48 Å². The average Bonchev–Trinajstić information content (AvgIpc) is 2.41. The summed E-state index contributed by atoms with van der Waals surface area (Å²) >= 11 is 0. The number of nitrogens with zero attached hydrogens (tertiary/aromatic N) is 2. The van der Waals surface area contributed by atoms with Crippen molar-refractivity contribution in [3.63, 3.8) is 0 Å². The predicted molar refractivity (Wildman–Crippen MR) is 81.4 cm³/mol. The highest BCUT2D eigenvalue weighted by atomic mass is 35.5. The first-order valence-electron chi connectivity index (χ1n) is 5.10. The van der Waals surface area contributed by atoms with Gasteiger partial charge in [-0.25, -0.2) is 0 Å². The molecule has 0 fully saturated rings. The van der Waals surface area contributed by atoms with Gasteiger partial charge in [0.25, 0.3) is 0 Å². The van der Waals surface area contributed by atoms with E-state index in [1.54, 1.807) is 49.1 Å². The van der Waals surface area contributed by atoms with Gasteiger partial charge in [0.1, 0.15) is 11.7 Å². The lowest BCUT2D eigenvalue weighted by Gasteiger charge is -1.92. The summed E-state index contributed by atoms with van der Waals surface area (Å²) in [5, 5.41) is 13.9. The standard InChI is InChI=1S/2C6H7N3.ClH.H2O/c2*7-6(8)5-2-1-3-9-4-5;;/h2*1-4H,(H3,7,8);1H;1H2. The van der Waals surface area contributed by atoms with Gasteiger partial charge in [-0.3, -0.25) is 20.8 Å². The van der Waals surface area contributed by atoms with Crippen LogP contribution < -0.4 is 11.5 Å². The van der Waals surface area contributed by atoms with Crippen LogP contribution in [0.1, 0.15) is 11.1 Å². The van der Waals surface area contributed by atoms with Crippen molar-refractivity contribution in [3.05, 3.63) is 60.2 Å². The van der Waals surface area contributed by atoms with Gasteiger partial charge >= 0.3 is 0 Å². The van der Waals surface area contributed by atoms with Crippen molar-refractivity contribution in [2.45, 2.75) is 0 Å². The third-order valence-electron chi connectivity index (χ3n) is 1.95. The van der Waals surface area contributed by atoms with E-state index in [1.165, 1.54) is 0 Å². The van der Waals surface area contributed by atoms with Crippen LogP contribution >= 0.6 is 12.4 Å². The van der Waals surface area contributed by atoms with E-state index < -0.39 is 0 Å². The Bertz CT molecular complexity index is 470. The maximum Gasteiger partial charge on any atom is 0.124 e. The first-order chi connectivity index (χ1) is 8.61. The monoisotopic (exact) mass is 296 g/mol. The van der Waals surface area contributed by atoms with E-state index in [0.29, 0.717) is 11.1 Å². The Morgan fingerprint density at radius 1 is 0.850 bits per heavy atom. The molecule has 2 aromatic rings. The van der Waals surface area contributed by atoms with Crippen LogP contribution in [0.15, 0.2) is 49.1 Å². The van der Waals surface area contributed by atoms with Gasteiger partial charge in [-0.1, -0.05) is 0 Å². The Hall–Kier alpha value is -2.51. The Morgan fingerprint density at radius 2 is 1.20 bits per heavy atom. The van der Waals surface area contributed by atoms with E-state index in [9.17, 15) is 0 Å². The second-order valence-electron chi connectivity index (χ2n) is 3.31. The van der Waals surface area contributed by atoms with Gasteiger partial charge < -0.3 is 16.9 Å². The molecule has 0 atom stereocenters. The summed E-state index contributed by atoms with van der Waals surface area (Å²) < 4.78 is 0. The van der Waals surface area contributed by atoms with Crippen LogP contribution in [0.4, 0.5) is 0 Å². The number of nitrogen functional groups attached to an aromatic ring is 2. The summed E-state index contributed by atoms with van der Waals surface area (Å²) in [5.41, 5.74) is 11.6. The molecule has 108 valence electrons. The lowest BCUT2D eigenvalue weighted by Crippen LogP contribution is -2.10. The first-order valence-corrected chi connectivity index (χ1v) is 5.10. The maximum absolute atomic E-state index is 6.97. The number of hydrogen-bond donors (Lipinski definition) is 4. The van der Waals surface area contributed by atoms with Gasteiger partial charge in [-0.05, 0) is 24.3 Å². The van der Waals surface area contributed by atoms with E-state index >= 15 is 0 Å². The highest BCUT2D eigenvalue weighted by Crippen LogP contribution is 1.92. The number of rotatable bonds is 2. The van der Waals surface area contributed by atoms with E-state index in [1.807, 2.05) is 0 Å². The molecule has 2 heterocycles. The fraction of sp³-hybridized carbons (Fsp3) is 0. The predicted octanol–water partition coefficient (Wildman–Crippen LogP) is 0.328. The molecular formula is C12H17ClN6O. The average molecular weight is 297 g/mol. The van der Waals surface area contributed by atoms with Crippen LogP contribution in [0.5, 0.6) is 0 Å². The topological polar surface area (TPSA) is 157 Å². The normalized spacial score (nSPS) is 8.00. The molecule has 0 aliphatic carbocycles. The first kappa shape index (κ1) is 19.8. The molecule has 0 aliphatic heterocycles. The molecule has 0 unspecified atom stereocenters. The van der Waals surface area contributed by atoms with Gasteiger partial charge in [0, 0.05) is 35.9 Å². The molecule has 0 saturated carbocycles. The lowest BCUT2D eigenvalue weighted by atomic mass is 10.3. The Labute approximate surface area is 122 Å². The molecule has 20 heavy (non-hydrogen) atoms. The van der Waals surface area contributed by atoms with Crippen molar-refractivity contribution in [1.82, 2.24) is 9.97 Å². The Balaban J connectivity index is 0. The number of pyridine rings is 2. The van der Waals surface area contributed by atoms with Crippen LogP contribution in [0, 0.1) is 10.8 Å². The van der Waals surface area contributed by atoms with Crippen molar-refractivity contribution in [2.75, 3.05) is 0 Å². The molecule has 0 amide bonds. The number of aromatic nitrogens is 2. The minimum absolute atomic E-state index is 0. The van der Waals surface area contributed by atoms with Gasteiger partial charge in [-0.2, -0.15) is 0 Å². The summed E-state index contributed by atoms with van der Waals surface area (Å²) in [4.78, 5) is 7.57. The third kappa shape index (κ3) is 7.04. The Kier molecular flexibility index (Phi) is 10.3. The SMILES string of the molecule is Cl.N=C(N)c1cccnc1.N=C(N)c1cccnc1.O. The fourth-order valence-electron chi connectivity index (χ4n) is 1.04. The number of nitrogens with two attached hydrogens (primary N) is 2.